The smallest absolute Gasteiger partial charge is 0.282 e. The molecule has 0 unspecified atom stereocenters. The van der Waals surface area contributed by atoms with E-state index in [1.54, 1.807) is 6.07 Å². The summed E-state index contributed by atoms with van der Waals surface area (Å²) in [7, 11) is 0. The van der Waals surface area contributed by atoms with Crippen molar-refractivity contribution >= 4 is 28.1 Å². The molecule has 4 rings (SSSR count). The van der Waals surface area contributed by atoms with Gasteiger partial charge >= 0.3 is 0 Å². The van der Waals surface area contributed by atoms with Crippen molar-refractivity contribution in [1.82, 2.24) is 9.88 Å². The van der Waals surface area contributed by atoms with Crippen LogP contribution in [0.25, 0.3) is 11.3 Å². The number of carbonyl (C=O) groups is 1. The average molecular weight is 424 g/mol. The highest BCUT2D eigenvalue weighted by molar-refractivity contribution is 7.16. The van der Waals surface area contributed by atoms with E-state index < -0.39 is 10.8 Å². The Morgan fingerprint density at radius 2 is 1.83 bits per heavy atom. The third kappa shape index (κ3) is 4.54. The second-order valence-electron chi connectivity index (χ2n) is 6.77. The molecule has 1 aromatic heterocycles. The van der Waals surface area contributed by atoms with Crippen LogP contribution in [-0.2, 0) is 11.3 Å². The monoisotopic (exact) mass is 424 g/mol. The molecule has 3 aromatic rings. The van der Waals surface area contributed by atoms with E-state index in [1.807, 2.05) is 30.3 Å². The van der Waals surface area contributed by atoms with Crippen LogP contribution in [0.1, 0.15) is 15.2 Å². The van der Waals surface area contributed by atoms with Gasteiger partial charge in [0.2, 0.25) is 0 Å². The van der Waals surface area contributed by atoms with Gasteiger partial charge in [-0.15, -0.1) is 0 Å². The quantitative estimate of drug-likeness (QED) is 0.477. The Hall–Kier alpha value is -3.14. The van der Waals surface area contributed by atoms with Crippen molar-refractivity contribution in [2.75, 3.05) is 31.6 Å². The Morgan fingerprint density at radius 1 is 1.13 bits per heavy atom. The molecule has 8 nitrogen and oxygen atoms in total. The molecule has 1 aliphatic rings. The van der Waals surface area contributed by atoms with Crippen molar-refractivity contribution < 1.29 is 14.5 Å². The minimum Gasteiger partial charge on any atom is -0.379 e. The molecule has 0 radical (unpaired) electrons. The van der Waals surface area contributed by atoms with E-state index in [1.165, 1.54) is 29.5 Å². The molecule has 0 bridgehead atoms. The summed E-state index contributed by atoms with van der Waals surface area (Å²) in [4.78, 5) is 31.4. The van der Waals surface area contributed by atoms with Crippen LogP contribution in [-0.4, -0.2) is 47.0 Å². The maximum absolute atomic E-state index is 12.7. The lowest BCUT2D eigenvalue weighted by Crippen LogP contribution is -2.35. The number of carbonyl (C=O) groups excluding carboxylic acids is 1. The van der Waals surface area contributed by atoms with Crippen LogP contribution in [0.4, 0.5) is 10.8 Å². The molecule has 1 N–H and O–H groups in total. The zero-order valence-electron chi connectivity index (χ0n) is 16.1. The minimum absolute atomic E-state index is 0.00805. The molecule has 0 atom stereocenters. The number of nitrogens with one attached hydrogen (secondary N) is 1. The second-order valence-corrected chi connectivity index (χ2v) is 7.86. The van der Waals surface area contributed by atoms with Crippen molar-refractivity contribution in [3.05, 3.63) is 75.2 Å². The normalized spacial score (nSPS) is 14.4. The first-order valence-corrected chi connectivity index (χ1v) is 10.3. The molecular formula is C21H20N4O4S. The van der Waals surface area contributed by atoms with E-state index in [4.69, 9.17) is 4.74 Å². The number of morpholine rings is 1. The first-order valence-electron chi connectivity index (χ1n) is 9.52. The zero-order chi connectivity index (χ0) is 20.9. The SMILES string of the molecule is O=C(Nc1nc(-c2ccccc2)c(CN2CCOCC2)s1)c1ccccc1[N+](=O)[O-]. The van der Waals surface area contributed by atoms with Gasteiger partial charge in [0, 0.05) is 36.1 Å². The van der Waals surface area contributed by atoms with E-state index in [9.17, 15) is 14.9 Å². The molecule has 1 amide bonds. The molecule has 154 valence electrons. The molecule has 0 spiro atoms. The molecule has 1 saturated heterocycles. The Kier molecular flexibility index (Phi) is 6.12. The number of anilines is 1. The van der Waals surface area contributed by atoms with E-state index in [-0.39, 0.29) is 11.3 Å². The van der Waals surface area contributed by atoms with Crippen LogP contribution in [0.15, 0.2) is 54.6 Å². The highest BCUT2D eigenvalue weighted by Crippen LogP contribution is 2.33. The number of para-hydroxylation sites is 1. The molecule has 2 heterocycles. The van der Waals surface area contributed by atoms with Crippen molar-refractivity contribution in [2.45, 2.75) is 6.54 Å². The summed E-state index contributed by atoms with van der Waals surface area (Å²) in [6.07, 6.45) is 0. The number of rotatable bonds is 6. The van der Waals surface area contributed by atoms with E-state index in [0.29, 0.717) is 24.9 Å². The summed E-state index contributed by atoms with van der Waals surface area (Å²) in [6, 6.07) is 15.7. The van der Waals surface area contributed by atoms with Crippen molar-refractivity contribution in [2.24, 2.45) is 0 Å². The van der Waals surface area contributed by atoms with Crippen molar-refractivity contribution in [1.29, 1.82) is 0 Å². The van der Waals surface area contributed by atoms with Gasteiger partial charge in [0.1, 0.15) is 5.56 Å². The number of aromatic nitrogens is 1. The predicted octanol–water partition coefficient (Wildman–Crippen LogP) is 3.80. The molecule has 30 heavy (non-hydrogen) atoms. The number of hydrogen-bond donors (Lipinski definition) is 1. The fourth-order valence-electron chi connectivity index (χ4n) is 3.29. The van der Waals surface area contributed by atoms with Gasteiger partial charge in [-0.2, -0.15) is 0 Å². The van der Waals surface area contributed by atoms with Crippen molar-refractivity contribution in [3.8, 4) is 11.3 Å². The number of nitro benzene ring substituents is 1. The number of nitro groups is 1. The number of nitrogens with zero attached hydrogens (tertiary/aromatic N) is 3. The lowest BCUT2D eigenvalue weighted by molar-refractivity contribution is -0.385. The zero-order valence-corrected chi connectivity index (χ0v) is 16.9. The third-order valence-electron chi connectivity index (χ3n) is 4.78. The van der Waals surface area contributed by atoms with Gasteiger partial charge in [0.25, 0.3) is 11.6 Å². The molecular weight excluding hydrogens is 404 g/mol. The maximum atomic E-state index is 12.7. The number of hydrogen-bond acceptors (Lipinski definition) is 7. The molecule has 0 saturated carbocycles. The fourth-order valence-corrected chi connectivity index (χ4v) is 4.31. The highest BCUT2D eigenvalue weighted by Gasteiger charge is 2.22. The molecule has 2 aromatic carbocycles. The Morgan fingerprint density at radius 3 is 2.57 bits per heavy atom. The Balaban J connectivity index is 1.62. The van der Waals surface area contributed by atoms with Gasteiger partial charge in [-0.1, -0.05) is 53.8 Å². The first kappa shape index (κ1) is 20.1. The van der Waals surface area contributed by atoms with E-state index in [2.05, 4.69) is 15.2 Å². The van der Waals surface area contributed by atoms with Gasteiger partial charge in [0.05, 0.1) is 23.8 Å². The number of ether oxygens (including phenoxy) is 1. The largest absolute Gasteiger partial charge is 0.379 e. The summed E-state index contributed by atoms with van der Waals surface area (Å²) < 4.78 is 5.42. The Bertz CT molecular complexity index is 1050. The minimum atomic E-state index is -0.560. The standard InChI is InChI=1S/C21H20N4O4S/c26-20(16-8-4-5-9-17(16)25(27)28)23-21-22-19(15-6-2-1-3-7-15)18(30-21)14-24-10-12-29-13-11-24/h1-9H,10-14H2,(H,22,23,26). The van der Waals surface area contributed by atoms with Gasteiger partial charge in [-0.25, -0.2) is 4.98 Å². The predicted molar refractivity (Wildman–Crippen MR) is 115 cm³/mol. The molecule has 1 aliphatic heterocycles. The highest BCUT2D eigenvalue weighted by atomic mass is 32.1. The van der Waals surface area contributed by atoms with Gasteiger partial charge in [-0.05, 0) is 6.07 Å². The number of benzene rings is 2. The number of amides is 1. The van der Waals surface area contributed by atoms with Crippen LogP contribution in [0.3, 0.4) is 0 Å². The van der Waals surface area contributed by atoms with Crippen LogP contribution in [0.2, 0.25) is 0 Å². The first-order chi connectivity index (χ1) is 14.6. The lowest BCUT2D eigenvalue weighted by atomic mass is 10.1. The number of thiazole rings is 1. The van der Waals surface area contributed by atoms with Gasteiger partial charge in [-0.3, -0.25) is 25.1 Å². The van der Waals surface area contributed by atoms with Crippen LogP contribution < -0.4 is 5.32 Å². The summed E-state index contributed by atoms with van der Waals surface area (Å²) in [5.41, 5.74) is 1.55. The topological polar surface area (TPSA) is 97.6 Å². The summed E-state index contributed by atoms with van der Waals surface area (Å²) in [5, 5.41) is 14.4. The van der Waals surface area contributed by atoms with E-state index in [0.717, 1.165) is 29.2 Å². The summed E-state index contributed by atoms with van der Waals surface area (Å²) in [5.74, 6) is -0.548. The van der Waals surface area contributed by atoms with Crippen LogP contribution in [0, 0.1) is 10.1 Å². The summed E-state index contributed by atoms with van der Waals surface area (Å²) in [6.45, 7) is 3.77. The second kappa shape index (κ2) is 9.12. The fraction of sp³-hybridized carbons (Fsp3) is 0.238. The van der Waals surface area contributed by atoms with E-state index >= 15 is 0 Å². The summed E-state index contributed by atoms with van der Waals surface area (Å²) >= 11 is 1.39. The lowest BCUT2D eigenvalue weighted by Gasteiger charge is -2.26. The maximum Gasteiger partial charge on any atom is 0.282 e. The third-order valence-corrected chi connectivity index (χ3v) is 5.74. The average Bonchev–Trinajstić information content (AvgIpc) is 3.17. The van der Waals surface area contributed by atoms with Crippen LogP contribution in [0.5, 0.6) is 0 Å². The molecule has 0 aliphatic carbocycles. The van der Waals surface area contributed by atoms with Gasteiger partial charge < -0.3 is 4.74 Å². The Labute approximate surface area is 177 Å². The molecule has 1 fully saturated rings. The molecule has 9 heteroatoms. The van der Waals surface area contributed by atoms with Crippen LogP contribution >= 0.6 is 11.3 Å². The van der Waals surface area contributed by atoms with Gasteiger partial charge in [0.15, 0.2) is 5.13 Å². The van der Waals surface area contributed by atoms with Crippen molar-refractivity contribution in [3.63, 3.8) is 0 Å².